The van der Waals surface area contributed by atoms with Crippen LogP contribution in [0.1, 0.15) is 69.1 Å². The molecule has 1 aromatic rings. The Morgan fingerprint density at radius 3 is 2.12 bits per heavy atom. The molecule has 3 heteroatoms. The summed E-state index contributed by atoms with van der Waals surface area (Å²) in [5.41, 5.74) is 5.63. The Kier molecular flexibility index (Phi) is 4.04. The molecule has 5 rings (SSSR count). The zero-order valence-electron chi connectivity index (χ0n) is 17.1. The van der Waals surface area contributed by atoms with Crippen molar-refractivity contribution in [1.29, 1.82) is 0 Å². The molecule has 1 aromatic carbocycles. The van der Waals surface area contributed by atoms with Crippen molar-refractivity contribution in [3.63, 3.8) is 0 Å². The molecule has 142 valence electrons. The van der Waals surface area contributed by atoms with Crippen LogP contribution in [0.4, 0.5) is 5.69 Å². The van der Waals surface area contributed by atoms with Gasteiger partial charge in [-0.3, -0.25) is 4.79 Å². The maximum absolute atomic E-state index is 12.7. The van der Waals surface area contributed by atoms with Crippen LogP contribution in [0.15, 0.2) is 12.1 Å². The number of anilines is 1. The van der Waals surface area contributed by atoms with E-state index in [4.69, 9.17) is 0 Å². The van der Waals surface area contributed by atoms with E-state index in [0.717, 1.165) is 22.7 Å². The molecule has 0 aliphatic heterocycles. The second-order valence-electron chi connectivity index (χ2n) is 10.6. The van der Waals surface area contributed by atoms with E-state index in [0.29, 0.717) is 17.4 Å². The molecule has 2 unspecified atom stereocenters. The first-order valence-electron chi connectivity index (χ1n) is 10.2. The van der Waals surface area contributed by atoms with Gasteiger partial charge in [0.15, 0.2) is 0 Å². The summed E-state index contributed by atoms with van der Waals surface area (Å²) in [7, 11) is 0. The molecule has 0 saturated heterocycles. The van der Waals surface area contributed by atoms with Crippen molar-refractivity contribution in [3.05, 3.63) is 28.8 Å². The second kappa shape index (κ2) is 5.82. The van der Waals surface area contributed by atoms with Crippen LogP contribution in [0.2, 0.25) is 0 Å². The van der Waals surface area contributed by atoms with Gasteiger partial charge in [0.2, 0.25) is 5.91 Å². The Morgan fingerprint density at radius 2 is 1.58 bits per heavy atom. The number of amides is 1. The van der Waals surface area contributed by atoms with Crippen molar-refractivity contribution >= 4 is 11.6 Å². The first-order chi connectivity index (χ1) is 12.1. The lowest BCUT2D eigenvalue weighted by Crippen LogP contribution is -2.64. The van der Waals surface area contributed by atoms with Crippen LogP contribution in [0.5, 0.6) is 0 Å². The fourth-order valence-electron chi connectivity index (χ4n) is 7.47. The lowest BCUT2D eigenvalue weighted by Gasteiger charge is -2.65. The molecule has 1 amide bonds. The number of carbonyl (C=O) groups is 1. The molecule has 0 heterocycles. The van der Waals surface area contributed by atoms with E-state index in [9.17, 15) is 4.79 Å². The average Bonchev–Trinajstić information content (AvgIpc) is 2.45. The Labute approximate surface area is 158 Å². The largest absolute Gasteiger partial charge is 0.324 e. The van der Waals surface area contributed by atoms with Gasteiger partial charge in [0, 0.05) is 11.2 Å². The lowest BCUT2D eigenvalue weighted by atomic mass is 9.43. The lowest BCUT2D eigenvalue weighted by molar-refractivity contribution is -0.126. The van der Waals surface area contributed by atoms with Gasteiger partial charge in [0.1, 0.15) is 0 Å². The van der Waals surface area contributed by atoms with E-state index in [1.807, 2.05) is 0 Å². The number of hydrogen-bond donors (Lipinski definition) is 2. The predicted molar refractivity (Wildman–Crippen MR) is 107 cm³/mol. The first-order valence-corrected chi connectivity index (χ1v) is 10.2. The van der Waals surface area contributed by atoms with Crippen molar-refractivity contribution in [1.82, 2.24) is 5.32 Å². The second-order valence-corrected chi connectivity index (χ2v) is 10.6. The highest BCUT2D eigenvalue weighted by atomic mass is 16.1. The van der Waals surface area contributed by atoms with Crippen LogP contribution in [0, 0.1) is 37.5 Å². The Hall–Kier alpha value is -1.35. The Balaban J connectivity index is 1.44. The molecule has 26 heavy (non-hydrogen) atoms. The molecule has 4 aliphatic carbocycles. The van der Waals surface area contributed by atoms with Crippen molar-refractivity contribution in [2.75, 3.05) is 11.9 Å². The highest BCUT2D eigenvalue weighted by Crippen LogP contribution is 2.66. The molecule has 2 N–H and O–H groups in total. The van der Waals surface area contributed by atoms with Gasteiger partial charge in [0.05, 0.1) is 6.54 Å². The van der Waals surface area contributed by atoms with Gasteiger partial charge in [0.25, 0.3) is 0 Å². The SMILES string of the molecule is Cc1cc(C)c(NC(=O)CNC23CC4CC(C)(CC(C)(C4)C2)C3)c(C)c1. The summed E-state index contributed by atoms with van der Waals surface area (Å²) in [5, 5.41) is 6.89. The summed E-state index contributed by atoms with van der Waals surface area (Å²) in [6, 6.07) is 4.27. The Bertz CT molecular complexity index is 712. The molecule has 0 aromatic heterocycles. The molecular formula is C23H34N2O. The van der Waals surface area contributed by atoms with Gasteiger partial charge in [-0.15, -0.1) is 0 Å². The van der Waals surface area contributed by atoms with Gasteiger partial charge in [-0.05, 0) is 87.2 Å². The van der Waals surface area contributed by atoms with Crippen LogP contribution < -0.4 is 10.6 Å². The third kappa shape index (κ3) is 3.19. The molecule has 2 atom stereocenters. The maximum atomic E-state index is 12.7. The minimum Gasteiger partial charge on any atom is -0.324 e. The summed E-state index contributed by atoms with van der Waals surface area (Å²) in [5.74, 6) is 0.935. The summed E-state index contributed by atoms with van der Waals surface area (Å²) in [6.45, 7) is 11.6. The Morgan fingerprint density at radius 1 is 1.00 bits per heavy atom. The van der Waals surface area contributed by atoms with E-state index in [-0.39, 0.29) is 11.4 Å². The number of aryl methyl sites for hydroxylation is 3. The quantitative estimate of drug-likeness (QED) is 0.808. The number of benzene rings is 1. The van der Waals surface area contributed by atoms with Crippen LogP contribution in [0.25, 0.3) is 0 Å². The van der Waals surface area contributed by atoms with Crippen molar-refractivity contribution < 1.29 is 4.79 Å². The van der Waals surface area contributed by atoms with Crippen LogP contribution >= 0.6 is 0 Å². The highest BCUT2D eigenvalue weighted by Gasteiger charge is 2.59. The first kappa shape index (κ1) is 18.0. The topological polar surface area (TPSA) is 41.1 Å². The molecule has 4 aliphatic rings. The third-order valence-electron chi connectivity index (χ3n) is 7.19. The van der Waals surface area contributed by atoms with E-state index in [1.54, 1.807) is 0 Å². The molecule has 0 radical (unpaired) electrons. The van der Waals surface area contributed by atoms with E-state index < -0.39 is 0 Å². The minimum absolute atomic E-state index is 0.0890. The number of rotatable bonds is 4. The van der Waals surface area contributed by atoms with Gasteiger partial charge in [-0.25, -0.2) is 0 Å². The standard InChI is InChI=1S/C23H34N2O/c1-15-6-16(2)20(17(3)7-15)25-19(26)11-24-23-10-18-8-21(4,13-23)12-22(5,9-18)14-23/h6-7,18,24H,8-14H2,1-5H3,(H,25,26). The monoisotopic (exact) mass is 354 g/mol. The van der Waals surface area contributed by atoms with Gasteiger partial charge in [-0.2, -0.15) is 0 Å². The zero-order valence-corrected chi connectivity index (χ0v) is 17.1. The molecular weight excluding hydrogens is 320 g/mol. The van der Waals surface area contributed by atoms with E-state index in [2.05, 4.69) is 57.4 Å². The summed E-state index contributed by atoms with van der Waals surface area (Å²) < 4.78 is 0. The third-order valence-corrected chi connectivity index (χ3v) is 7.19. The summed E-state index contributed by atoms with van der Waals surface area (Å²) >= 11 is 0. The number of hydrogen-bond acceptors (Lipinski definition) is 2. The number of carbonyl (C=O) groups excluding carboxylic acids is 1. The smallest absolute Gasteiger partial charge is 0.238 e. The van der Waals surface area contributed by atoms with Crippen molar-refractivity contribution in [2.24, 2.45) is 16.7 Å². The van der Waals surface area contributed by atoms with E-state index >= 15 is 0 Å². The van der Waals surface area contributed by atoms with Gasteiger partial charge in [-0.1, -0.05) is 31.5 Å². The van der Waals surface area contributed by atoms with E-state index in [1.165, 1.54) is 44.1 Å². The average molecular weight is 355 g/mol. The predicted octanol–water partition coefficient (Wildman–Crippen LogP) is 4.89. The van der Waals surface area contributed by atoms with Crippen molar-refractivity contribution in [2.45, 2.75) is 78.7 Å². The molecule has 3 nitrogen and oxygen atoms in total. The molecule has 4 bridgehead atoms. The zero-order chi connectivity index (χ0) is 18.7. The van der Waals surface area contributed by atoms with Crippen LogP contribution in [-0.4, -0.2) is 18.0 Å². The minimum atomic E-state index is 0.0890. The summed E-state index contributed by atoms with van der Waals surface area (Å²) in [4.78, 5) is 12.7. The van der Waals surface area contributed by atoms with Crippen molar-refractivity contribution in [3.8, 4) is 0 Å². The normalized spacial score (nSPS) is 37.8. The molecule has 0 spiro atoms. The van der Waals surface area contributed by atoms with Crippen LogP contribution in [-0.2, 0) is 4.79 Å². The fraction of sp³-hybridized carbons (Fsp3) is 0.696. The van der Waals surface area contributed by atoms with Gasteiger partial charge < -0.3 is 10.6 Å². The number of nitrogens with one attached hydrogen (secondary N) is 2. The fourth-order valence-corrected chi connectivity index (χ4v) is 7.47. The van der Waals surface area contributed by atoms with Crippen LogP contribution in [0.3, 0.4) is 0 Å². The summed E-state index contributed by atoms with van der Waals surface area (Å²) in [6.07, 6.45) is 7.88. The maximum Gasteiger partial charge on any atom is 0.238 e. The highest BCUT2D eigenvalue weighted by molar-refractivity contribution is 5.93. The molecule has 4 fully saturated rings. The van der Waals surface area contributed by atoms with Gasteiger partial charge >= 0.3 is 0 Å². The molecule has 4 saturated carbocycles.